The van der Waals surface area contributed by atoms with E-state index in [9.17, 15) is 4.79 Å². The predicted molar refractivity (Wildman–Crippen MR) is 81.1 cm³/mol. The van der Waals surface area contributed by atoms with Gasteiger partial charge in [0.1, 0.15) is 0 Å². The van der Waals surface area contributed by atoms with E-state index in [-0.39, 0.29) is 5.91 Å². The van der Waals surface area contributed by atoms with Gasteiger partial charge in [-0.2, -0.15) is 0 Å². The van der Waals surface area contributed by atoms with Crippen LogP contribution >= 0.6 is 0 Å². The number of nitrogen functional groups attached to an aromatic ring is 1. The molecule has 0 aliphatic heterocycles. The predicted octanol–water partition coefficient (Wildman–Crippen LogP) is 2.58. The average Bonchev–Trinajstić information content (AvgIpc) is 2.31. The topological polar surface area (TPSA) is 58.4 Å². The molecule has 1 rings (SSSR count). The molecule has 1 aromatic rings. The Hall–Kier alpha value is -1.55. The van der Waals surface area contributed by atoms with Crippen molar-refractivity contribution < 1.29 is 4.79 Å². The van der Waals surface area contributed by atoms with Gasteiger partial charge in [-0.05, 0) is 50.2 Å². The molecule has 0 bridgehead atoms. The lowest BCUT2D eigenvalue weighted by Crippen LogP contribution is -2.25. The van der Waals surface area contributed by atoms with Gasteiger partial charge in [0.05, 0.1) is 0 Å². The fourth-order valence-electron chi connectivity index (χ4n) is 2.01. The highest BCUT2D eigenvalue weighted by atomic mass is 16.1. The summed E-state index contributed by atoms with van der Waals surface area (Å²) in [4.78, 5) is 14.0. The summed E-state index contributed by atoms with van der Waals surface area (Å²) in [5.41, 5.74) is 7.10. The van der Waals surface area contributed by atoms with Gasteiger partial charge in [-0.15, -0.1) is 0 Å². The third kappa shape index (κ3) is 6.82. The summed E-state index contributed by atoms with van der Waals surface area (Å²) in [7, 11) is 2.10. The molecule has 0 aliphatic rings. The van der Waals surface area contributed by atoms with E-state index in [1.165, 1.54) is 0 Å². The van der Waals surface area contributed by atoms with Crippen LogP contribution in [0, 0.1) is 5.92 Å². The van der Waals surface area contributed by atoms with Gasteiger partial charge in [-0.25, -0.2) is 0 Å². The monoisotopic (exact) mass is 263 g/mol. The smallest absolute Gasteiger partial charge is 0.224 e. The number of hydrogen-bond donors (Lipinski definition) is 2. The summed E-state index contributed by atoms with van der Waals surface area (Å²) in [5, 5.41) is 2.87. The first-order valence-corrected chi connectivity index (χ1v) is 6.81. The van der Waals surface area contributed by atoms with Crippen LogP contribution in [0.25, 0.3) is 0 Å². The van der Waals surface area contributed by atoms with Gasteiger partial charge in [-0.3, -0.25) is 4.79 Å². The Labute approximate surface area is 116 Å². The molecule has 1 aromatic carbocycles. The second kappa shape index (κ2) is 7.79. The van der Waals surface area contributed by atoms with E-state index in [2.05, 4.69) is 31.1 Å². The first kappa shape index (κ1) is 15.5. The van der Waals surface area contributed by atoms with Crippen LogP contribution in [0.3, 0.4) is 0 Å². The van der Waals surface area contributed by atoms with Gasteiger partial charge < -0.3 is 16.0 Å². The lowest BCUT2D eigenvalue weighted by atomic mass is 10.2. The van der Waals surface area contributed by atoms with Gasteiger partial charge in [0.15, 0.2) is 0 Å². The summed E-state index contributed by atoms with van der Waals surface area (Å²) in [6.45, 7) is 6.42. The third-order valence-corrected chi connectivity index (χ3v) is 2.81. The number of rotatable bonds is 7. The third-order valence-electron chi connectivity index (χ3n) is 2.81. The highest BCUT2D eigenvalue weighted by Crippen LogP contribution is 2.11. The molecule has 19 heavy (non-hydrogen) atoms. The number of carbonyl (C=O) groups excluding carboxylic acids is 1. The van der Waals surface area contributed by atoms with Crippen molar-refractivity contribution in [2.75, 3.05) is 31.2 Å². The van der Waals surface area contributed by atoms with E-state index in [4.69, 9.17) is 5.73 Å². The zero-order chi connectivity index (χ0) is 14.3. The van der Waals surface area contributed by atoms with E-state index in [1.807, 2.05) is 12.1 Å². The second-order valence-corrected chi connectivity index (χ2v) is 5.43. The molecule has 4 heteroatoms. The standard InChI is InChI=1S/C15H25N3O/c1-12(2)11-18(3)10-4-5-15(19)17-14-8-6-13(16)7-9-14/h6-9,12H,4-5,10-11,16H2,1-3H3,(H,17,19). The molecule has 0 radical (unpaired) electrons. The van der Waals surface area contributed by atoms with Gasteiger partial charge in [0.25, 0.3) is 0 Å². The summed E-state index contributed by atoms with van der Waals surface area (Å²) in [6.07, 6.45) is 1.43. The Kier molecular flexibility index (Phi) is 6.36. The molecule has 0 heterocycles. The summed E-state index contributed by atoms with van der Waals surface area (Å²) >= 11 is 0. The summed E-state index contributed by atoms with van der Waals surface area (Å²) < 4.78 is 0. The molecular weight excluding hydrogens is 238 g/mol. The van der Waals surface area contributed by atoms with Crippen LogP contribution in [-0.4, -0.2) is 30.9 Å². The molecule has 1 amide bonds. The molecule has 0 aliphatic carbocycles. The van der Waals surface area contributed by atoms with Gasteiger partial charge in [-0.1, -0.05) is 13.8 Å². The number of carbonyl (C=O) groups is 1. The van der Waals surface area contributed by atoms with Crippen molar-refractivity contribution in [3.8, 4) is 0 Å². The van der Waals surface area contributed by atoms with Gasteiger partial charge in [0.2, 0.25) is 5.91 Å². The summed E-state index contributed by atoms with van der Waals surface area (Å²) in [5.74, 6) is 0.719. The minimum atomic E-state index is 0.0581. The molecule has 4 nitrogen and oxygen atoms in total. The molecule has 0 saturated heterocycles. The Morgan fingerprint density at radius 2 is 1.95 bits per heavy atom. The first-order valence-electron chi connectivity index (χ1n) is 6.81. The van der Waals surface area contributed by atoms with Crippen molar-refractivity contribution in [2.24, 2.45) is 5.92 Å². The Morgan fingerprint density at radius 1 is 1.32 bits per heavy atom. The SMILES string of the molecule is CC(C)CN(C)CCCC(=O)Nc1ccc(N)cc1. The molecule has 0 aromatic heterocycles. The van der Waals surface area contributed by atoms with Crippen LogP contribution in [-0.2, 0) is 4.79 Å². The molecule has 0 spiro atoms. The number of nitrogens with zero attached hydrogens (tertiary/aromatic N) is 1. The fourth-order valence-corrected chi connectivity index (χ4v) is 2.01. The normalized spacial score (nSPS) is 11.0. The van der Waals surface area contributed by atoms with Crippen molar-refractivity contribution in [3.05, 3.63) is 24.3 Å². The van der Waals surface area contributed by atoms with E-state index < -0.39 is 0 Å². The van der Waals surface area contributed by atoms with Gasteiger partial charge in [0, 0.05) is 24.3 Å². The quantitative estimate of drug-likeness (QED) is 0.743. The average molecular weight is 263 g/mol. The van der Waals surface area contributed by atoms with Crippen LogP contribution in [0.2, 0.25) is 0 Å². The number of nitrogens with two attached hydrogens (primary N) is 1. The second-order valence-electron chi connectivity index (χ2n) is 5.43. The zero-order valence-electron chi connectivity index (χ0n) is 12.1. The minimum absolute atomic E-state index is 0.0581. The summed E-state index contributed by atoms with van der Waals surface area (Å²) in [6, 6.07) is 7.20. The number of amides is 1. The van der Waals surface area contributed by atoms with E-state index >= 15 is 0 Å². The highest BCUT2D eigenvalue weighted by molar-refractivity contribution is 5.90. The Balaban J connectivity index is 2.23. The molecule has 0 saturated carbocycles. The molecule has 106 valence electrons. The Morgan fingerprint density at radius 3 is 2.53 bits per heavy atom. The van der Waals surface area contributed by atoms with Crippen molar-refractivity contribution in [1.29, 1.82) is 0 Å². The molecule has 3 N–H and O–H groups in total. The zero-order valence-corrected chi connectivity index (χ0v) is 12.1. The molecular formula is C15H25N3O. The highest BCUT2D eigenvalue weighted by Gasteiger charge is 2.05. The number of hydrogen-bond acceptors (Lipinski definition) is 3. The fraction of sp³-hybridized carbons (Fsp3) is 0.533. The minimum Gasteiger partial charge on any atom is -0.399 e. The number of benzene rings is 1. The van der Waals surface area contributed by atoms with Crippen molar-refractivity contribution in [3.63, 3.8) is 0 Å². The lowest BCUT2D eigenvalue weighted by molar-refractivity contribution is -0.116. The van der Waals surface area contributed by atoms with Crippen LogP contribution in [0.4, 0.5) is 11.4 Å². The largest absolute Gasteiger partial charge is 0.399 e. The van der Waals surface area contributed by atoms with Crippen LogP contribution in [0.1, 0.15) is 26.7 Å². The Bertz CT molecular complexity index is 387. The van der Waals surface area contributed by atoms with Crippen LogP contribution in [0.15, 0.2) is 24.3 Å². The number of nitrogens with one attached hydrogen (secondary N) is 1. The maximum absolute atomic E-state index is 11.7. The first-order chi connectivity index (χ1) is 8.97. The van der Waals surface area contributed by atoms with E-state index in [0.717, 1.165) is 25.2 Å². The van der Waals surface area contributed by atoms with Crippen molar-refractivity contribution in [1.82, 2.24) is 4.90 Å². The maximum Gasteiger partial charge on any atom is 0.224 e. The van der Waals surface area contributed by atoms with E-state index in [0.29, 0.717) is 18.0 Å². The van der Waals surface area contributed by atoms with Gasteiger partial charge >= 0.3 is 0 Å². The van der Waals surface area contributed by atoms with Crippen LogP contribution in [0.5, 0.6) is 0 Å². The van der Waals surface area contributed by atoms with Crippen molar-refractivity contribution >= 4 is 17.3 Å². The van der Waals surface area contributed by atoms with E-state index in [1.54, 1.807) is 12.1 Å². The molecule has 0 atom stereocenters. The lowest BCUT2D eigenvalue weighted by Gasteiger charge is -2.18. The number of anilines is 2. The maximum atomic E-state index is 11.7. The van der Waals surface area contributed by atoms with Crippen LogP contribution < -0.4 is 11.1 Å². The molecule has 0 unspecified atom stereocenters. The molecule has 0 fully saturated rings. The van der Waals surface area contributed by atoms with Crippen molar-refractivity contribution in [2.45, 2.75) is 26.7 Å².